The fourth-order valence-corrected chi connectivity index (χ4v) is 4.15. The maximum absolute atomic E-state index is 12.5. The van der Waals surface area contributed by atoms with Gasteiger partial charge >= 0.3 is 0 Å². The van der Waals surface area contributed by atoms with Crippen LogP contribution in [0, 0.1) is 20.8 Å². The number of sulfonamides is 1. The summed E-state index contributed by atoms with van der Waals surface area (Å²) in [5.74, 6) is 0.520. The van der Waals surface area contributed by atoms with Crippen LogP contribution in [0.15, 0.2) is 41.3 Å². The first-order chi connectivity index (χ1) is 13.7. The van der Waals surface area contributed by atoms with Crippen LogP contribution in [0.2, 0.25) is 0 Å². The van der Waals surface area contributed by atoms with Crippen molar-refractivity contribution in [2.45, 2.75) is 51.9 Å². The van der Waals surface area contributed by atoms with Crippen molar-refractivity contribution < 1.29 is 17.9 Å². The lowest BCUT2D eigenvalue weighted by Gasteiger charge is -2.12. The Kier molecular flexibility index (Phi) is 8.22. The quantitative estimate of drug-likeness (QED) is 0.569. The minimum atomic E-state index is -3.65. The summed E-state index contributed by atoms with van der Waals surface area (Å²) in [4.78, 5) is 12.5. The van der Waals surface area contributed by atoms with Crippen molar-refractivity contribution in [2.24, 2.45) is 0 Å². The molecular weight excluding hydrogens is 388 g/mol. The van der Waals surface area contributed by atoms with Gasteiger partial charge in [-0.15, -0.1) is 0 Å². The second-order valence-electron chi connectivity index (χ2n) is 7.14. The summed E-state index contributed by atoms with van der Waals surface area (Å²) < 4.78 is 33.1. The molecule has 0 bridgehead atoms. The van der Waals surface area contributed by atoms with Crippen molar-refractivity contribution in [3.8, 4) is 5.75 Å². The third kappa shape index (κ3) is 6.87. The Hall–Kier alpha value is -2.38. The predicted molar refractivity (Wildman–Crippen MR) is 116 cm³/mol. The number of unbranched alkanes of at least 4 members (excludes halogenated alkanes) is 1. The van der Waals surface area contributed by atoms with Gasteiger partial charge in [-0.25, -0.2) is 13.1 Å². The van der Waals surface area contributed by atoms with Gasteiger partial charge in [0.25, 0.3) is 0 Å². The molecule has 2 aromatic rings. The molecule has 0 aliphatic rings. The van der Waals surface area contributed by atoms with Gasteiger partial charge in [-0.2, -0.15) is 0 Å². The first-order valence-corrected chi connectivity index (χ1v) is 11.3. The van der Waals surface area contributed by atoms with Crippen LogP contribution in [0.4, 0.5) is 5.69 Å². The summed E-state index contributed by atoms with van der Waals surface area (Å²) in [6.45, 7) is 8.29. The first-order valence-electron chi connectivity index (χ1n) is 9.83. The molecule has 0 fully saturated rings. The lowest BCUT2D eigenvalue weighted by molar-refractivity contribution is -0.116. The van der Waals surface area contributed by atoms with E-state index in [-0.39, 0.29) is 23.8 Å². The number of rotatable bonds is 10. The molecule has 0 radical (unpaired) electrons. The molecule has 2 aromatic carbocycles. The molecule has 0 unspecified atom stereocenters. The highest BCUT2D eigenvalue weighted by atomic mass is 32.2. The fraction of sp³-hybridized carbons (Fsp3) is 0.409. The summed E-state index contributed by atoms with van der Waals surface area (Å²) in [6.07, 6.45) is 2.11. The maximum atomic E-state index is 12.5. The van der Waals surface area contributed by atoms with Crippen LogP contribution in [-0.2, 0) is 14.8 Å². The number of hydrogen-bond donors (Lipinski definition) is 2. The Morgan fingerprint density at radius 1 is 1.03 bits per heavy atom. The van der Waals surface area contributed by atoms with Crippen LogP contribution < -0.4 is 14.8 Å². The zero-order chi connectivity index (χ0) is 21.4. The molecule has 2 rings (SSSR count). The van der Waals surface area contributed by atoms with Crippen LogP contribution >= 0.6 is 0 Å². The number of amides is 1. The number of hydrogen-bond acceptors (Lipinski definition) is 4. The van der Waals surface area contributed by atoms with E-state index in [4.69, 9.17) is 4.74 Å². The standard InChI is InChI=1S/C22H30N2O4S/c1-5-6-13-28-19-9-10-20(18(4)15-19)24-22(25)11-12-23-29(26,27)21-14-16(2)7-8-17(21)3/h7-10,14-15,23H,5-6,11-13H2,1-4H3,(H,24,25). The van der Waals surface area contributed by atoms with Gasteiger partial charge in [-0.1, -0.05) is 25.5 Å². The molecule has 6 nitrogen and oxygen atoms in total. The highest BCUT2D eigenvalue weighted by molar-refractivity contribution is 7.89. The average molecular weight is 419 g/mol. The van der Waals surface area contributed by atoms with Gasteiger partial charge in [-0.3, -0.25) is 4.79 Å². The van der Waals surface area contributed by atoms with Gasteiger partial charge in [0.05, 0.1) is 11.5 Å². The first kappa shape index (κ1) is 22.9. The van der Waals surface area contributed by atoms with E-state index in [9.17, 15) is 13.2 Å². The van der Waals surface area contributed by atoms with E-state index in [0.717, 1.165) is 29.7 Å². The molecule has 7 heteroatoms. The van der Waals surface area contributed by atoms with E-state index in [1.807, 2.05) is 32.0 Å². The number of carbonyl (C=O) groups is 1. The maximum Gasteiger partial charge on any atom is 0.240 e. The average Bonchev–Trinajstić information content (AvgIpc) is 2.66. The van der Waals surface area contributed by atoms with Crippen molar-refractivity contribution in [3.05, 3.63) is 53.1 Å². The lowest BCUT2D eigenvalue weighted by atomic mass is 10.2. The van der Waals surface area contributed by atoms with E-state index in [1.165, 1.54) is 0 Å². The Balaban J connectivity index is 1.89. The third-order valence-corrected chi connectivity index (χ3v) is 6.12. The highest BCUT2D eigenvalue weighted by Gasteiger charge is 2.17. The van der Waals surface area contributed by atoms with Gasteiger partial charge in [0.2, 0.25) is 15.9 Å². The number of ether oxygens (including phenoxy) is 1. The molecule has 29 heavy (non-hydrogen) atoms. The summed E-state index contributed by atoms with van der Waals surface area (Å²) in [6, 6.07) is 10.8. The van der Waals surface area contributed by atoms with E-state index >= 15 is 0 Å². The number of aryl methyl sites for hydroxylation is 3. The van der Waals surface area contributed by atoms with Gasteiger partial charge in [-0.05, 0) is 68.1 Å². The number of nitrogens with one attached hydrogen (secondary N) is 2. The summed E-state index contributed by atoms with van der Waals surface area (Å²) in [7, 11) is -3.65. The molecule has 1 amide bonds. The number of benzene rings is 2. The number of anilines is 1. The Labute approximate surface area is 173 Å². The summed E-state index contributed by atoms with van der Waals surface area (Å²) >= 11 is 0. The second kappa shape index (κ2) is 10.4. The van der Waals surface area contributed by atoms with Crippen molar-refractivity contribution in [2.75, 3.05) is 18.5 Å². The SMILES string of the molecule is CCCCOc1ccc(NC(=O)CCNS(=O)(=O)c2cc(C)ccc2C)c(C)c1. The monoisotopic (exact) mass is 418 g/mol. The van der Waals surface area contributed by atoms with E-state index in [0.29, 0.717) is 17.9 Å². The lowest BCUT2D eigenvalue weighted by Crippen LogP contribution is -2.28. The molecule has 0 saturated heterocycles. The van der Waals surface area contributed by atoms with Crippen molar-refractivity contribution in [3.63, 3.8) is 0 Å². The Bertz CT molecular complexity index is 955. The molecule has 0 aromatic heterocycles. The fourth-order valence-electron chi connectivity index (χ4n) is 2.79. The van der Waals surface area contributed by atoms with E-state index in [1.54, 1.807) is 25.1 Å². The zero-order valence-corrected chi connectivity index (χ0v) is 18.4. The molecule has 2 N–H and O–H groups in total. The normalized spacial score (nSPS) is 11.3. The topological polar surface area (TPSA) is 84.5 Å². The number of carbonyl (C=O) groups excluding carboxylic acids is 1. The van der Waals surface area contributed by atoms with Gasteiger partial charge in [0, 0.05) is 18.7 Å². The minimum Gasteiger partial charge on any atom is -0.494 e. The minimum absolute atomic E-state index is 0.0266. The molecule has 0 aliphatic heterocycles. The Morgan fingerprint density at radius 3 is 2.48 bits per heavy atom. The van der Waals surface area contributed by atoms with Crippen molar-refractivity contribution in [1.29, 1.82) is 0 Å². The summed E-state index contributed by atoms with van der Waals surface area (Å²) in [5, 5.41) is 2.82. The third-order valence-electron chi connectivity index (χ3n) is 4.52. The molecule has 0 atom stereocenters. The van der Waals surface area contributed by atoms with Gasteiger partial charge in [0.1, 0.15) is 5.75 Å². The highest BCUT2D eigenvalue weighted by Crippen LogP contribution is 2.22. The van der Waals surface area contributed by atoms with Crippen LogP contribution in [0.25, 0.3) is 0 Å². The molecular formula is C22H30N2O4S. The molecule has 0 saturated carbocycles. The Morgan fingerprint density at radius 2 is 1.79 bits per heavy atom. The van der Waals surface area contributed by atoms with Crippen molar-refractivity contribution >= 4 is 21.6 Å². The molecule has 0 aliphatic carbocycles. The van der Waals surface area contributed by atoms with Gasteiger partial charge in [0.15, 0.2) is 0 Å². The van der Waals surface area contributed by atoms with Crippen LogP contribution in [-0.4, -0.2) is 27.5 Å². The largest absolute Gasteiger partial charge is 0.494 e. The van der Waals surface area contributed by atoms with Crippen LogP contribution in [0.3, 0.4) is 0 Å². The van der Waals surface area contributed by atoms with Crippen LogP contribution in [0.5, 0.6) is 5.75 Å². The molecule has 0 spiro atoms. The zero-order valence-electron chi connectivity index (χ0n) is 17.5. The predicted octanol–water partition coefficient (Wildman–Crippen LogP) is 4.10. The second-order valence-corrected chi connectivity index (χ2v) is 8.88. The van der Waals surface area contributed by atoms with E-state index in [2.05, 4.69) is 17.0 Å². The summed E-state index contributed by atoms with van der Waals surface area (Å²) in [5.41, 5.74) is 3.12. The van der Waals surface area contributed by atoms with Crippen LogP contribution in [0.1, 0.15) is 42.9 Å². The van der Waals surface area contributed by atoms with Crippen molar-refractivity contribution in [1.82, 2.24) is 4.72 Å². The smallest absolute Gasteiger partial charge is 0.240 e. The molecule has 158 valence electrons. The van der Waals surface area contributed by atoms with E-state index < -0.39 is 10.0 Å². The molecule has 0 heterocycles. The van der Waals surface area contributed by atoms with Gasteiger partial charge < -0.3 is 10.1 Å².